The lowest BCUT2D eigenvalue weighted by Gasteiger charge is -2.26. The van der Waals surface area contributed by atoms with Crippen molar-refractivity contribution >= 4 is 6.29 Å². The maximum absolute atomic E-state index is 10.7. The Bertz CT molecular complexity index is 559. The van der Waals surface area contributed by atoms with Crippen LogP contribution >= 0.6 is 0 Å². The number of allylic oxidation sites excluding steroid dienone is 2. The van der Waals surface area contributed by atoms with Gasteiger partial charge in [0.1, 0.15) is 12.0 Å². The molecule has 2 heteroatoms. The highest BCUT2D eigenvalue weighted by Crippen LogP contribution is 2.32. The molecule has 2 saturated carbocycles. The minimum atomic E-state index is 0.355. The van der Waals surface area contributed by atoms with E-state index in [9.17, 15) is 4.79 Å². The van der Waals surface area contributed by atoms with E-state index in [1.54, 1.807) is 7.11 Å². The molecule has 3 rings (SSSR count). The van der Waals surface area contributed by atoms with Gasteiger partial charge in [-0.05, 0) is 75.3 Å². The van der Waals surface area contributed by atoms with Gasteiger partial charge in [0.05, 0.1) is 7.11 Å². The van der Waals surface area contributed by atoms with Gasteiger partial charge in [-0.1, -0.05) is 62.5 Å². The zero-order chi connectivity index (χ0) is 20.2. The fourth-order valence-electron chi connectivity index (χ4n) is 4.39. The van der Waals surface area contributed by atoms with Crippen LogP contribution in [0.2, 0.25) is 0 Å². The van der Waals surface area contributed by atoms with E-state index in [1.807, 2.05) is 24.3 Å². The maximum Gasteiger partial charge on any atom is 0.123 e. The molecule has 2 aliphatic carbocycles. The Hall–Kier alpha value is -1.57. The van der Waals surface area contributed by atoms with Gasteiger partial charge in [-0.2, -0.15) is 0 Å². The average molecular weight is 385 g/mol. The number of carbonyl (C=O) groups excluding carboxylic acids is 1. The lowest BCUT2D eigenvalue weighted by molar-refractivity contribution is -0.112. The van der Waals surface area contributed by atoms with Crippen LogP contribution in [0.4, 0.5) is 0 Å². The molecule has 0 aliphatic heterocycles. The van der Waals surface area contributed by atoms with Crippen LogP contribution in [0, 0.1) is 30.6 Å². The molecule has 28 heavy (non-hydrogen) atoms. The van der Waals surface area contributed by atoms with Crippen LogP contribution in [0.5, 0.6) is 5.75 Å². The van der Waals surface area contributed by atoms with Crippen LogP contribution < -0.4 is 4.74 Å². The van der Waals surface area contributed by atoms with E-state index in [4.69, 9.17) is 4.74 Å². The number of hydrogen-bond acceptors (Lipinski definition) is 2. The summed E-state index contributed by atoms with van der Waals surface area (Å²) in [6, 6.07) is 7.96. The van der Waals surface area contributed by atoms with E-state index in [1.165, 1.54) is 56.9 Å². The summed E-state index contributed by atoms with van der Waals surface area (Å²) < 4.78 is 4.97. The summed E-state index contributed by atoms with van der Waals surface area (Å²) in [5.74, 6) is 3.99. The Kier molecular flexibility index (Phi) is 10.4. The molecule has 0 amide bonds. The van der Waals surface area contributed by atoms with Gasteiger partial charge in [-0.25, -0.2) is 0 Å². The van der Waals surface area contributed by atoms with Crippen molar-refractivity contribution in [3.8, 4) is 5.75 Å². The summed E-state index contributed by atoms with van der Waals surface area (Å²) in [5.41, 5.74) is 1.26. The van der Waals surface area contributed by atoms with Gasteiger partial charge >= 0.3 is 0 Å². The van der Waals surface area contributed by atoms with Gasteiger partial charge in [0, 0.05) is 5.92 Å². The molecule has 0 unspecified atom stereocenters. The first-order valence-electron chi connectivity index (χ1n) is 11.3. The van der Waals surface area contributed by atoms with Crippen molar-refractivity contribution in [3.63, 3.8) is 0 Å². The average Bonchev–Trinajstić information content (AvgIpc) is 2.74. The molecule has 0 radical (unpaired) electrons. The smallest absolute Gasteiger partial charge is 0.123 e. The highest BCUT2D eigenvalue weighted by Gasteiger charge is 2.19. The van der Waals surface area contributed by atoms with Gasteiger partial charge in [0.25, 0.3) is 0 Å². The predicted octanol–water partition coefficient (Wildman–Crippen LogP) is 7.16. The Morgan fingerprint density at radius 3 is 2.11 bits per heavy atom. The molecule has 0 atom stereocenters. The first-order chi connectivity index (χ1) is 13.6. The maximum atomic E-state index is 10.7. The minimum absolute atomic E-state index is 0.355. The van der Waals surface area contributed by atoms with Crippen LogP contribution in [0.15, 0.2) is 36.4 Å². The van der Waals surface area contributed by atoms with Crippen molar-refractivity contribution in [2.45, 2.75) is 78.1 Å². The fraction of sp³-hybridized carbons (Fsp3) is 0.654. The van der Waals surface area contributed by atoms with Gasteiger partial charge in [0.2, 0.25) is 0 Å². The van der Waals surface area contributed by atoms with Crippen LogP contribution in [-0.4, -0.2) is 13.4 Å². The molecule has 0 N–H and O–H groups in total. The second kappa shape index (κ2) is 12.8. The minimum Gasteiger partial charge on any atom is -0.497 e. The number of aldehydes is 1. The molecule has 1 aromatic carbocycles. The normalized spacial score (nSPS) is 27.7. The topological polar surface area (TPSA) is 26.3 Å². The van der Waals surface area contributed by atoms with Crippen molar-refractivity contribution in [3.05, 3.63) is 42.0 Å². The van der Waals surface area contributed by atoms with Gasteiger partial charge in [0.15, 0.2) is 0 Å². The fourth-order valence-corrected chi connectivity index (χ4v) is 4.39. The van der Waals surface area contributed by atoms with Gasteiger partial charge in [-0.3, -0.25) is 0 Å². The highest BCUT2D eigenvalue weighted by atomic mass is 16.5. The van der Waals surface area contributed by atoms with E-state index < -0.39 is 0 Å². The van der Waals surface area contributed by atoms with Gasteiger partial charge in [-0.15, -0.1) is 0 Å². The van der Waals surface area contributed by atoms with Crippen LogP contribution in [0.1, 0.15) is 76.7 Å². The number of carbonyl (C=O) groups is 1. The summed E-state index contributed by atoms with van der Waals surface area (Å²) >= 11 is 0. The van der Waals surface area contributed by atoms with Crippen LogP contribution in [-0.2, 0) is 4.79 Å². The Balaban J connectivity index is 0.000000261. The summed E-state index contributed by atoms with van der Waals surface area (Å²) in [5, 5.41) is 0. The third-order valence-corrected chi connectivity index (χ3v) is 6.55. The molecule has 0 aromatic heterocycles. The molecule has 0 heterocycles. The van der Waals surface area contributed by atoms with E-state index >= 15 is 0 Å². The van der Waals surface area contributed by atoms with E-state index in [0.29, 0.717) is 5.92 Å². The largest absolute Gasteiger partial charge is 0.497 e. The second-order valence-electron chi connectivity index (χ2n) is 8.96. The number of benzene rings is 1. The van der Waals surface area contributed by atoms with Crippen LogP contribution in [0.3, 0.4) is 0 Å². The lowest BCUT2D eigenvalue weighted by atomic mass is 9.80. The quantitative estimate of drug-likeness (QED) is 0.384. The molecular formula is C26H40O2. The summed E-state index contributed by atoms with van der Waals surface area (Å²) in [4.78, 5) is 10.7. The Labute approximate surface area is 172 Å². The van der Waals surface area contributed by atoms with Crippen LogP contribution in [0.25, 0.3) is 0 Å². The zero-order valence-corrected chi connectivity index (χ0v) is 18.2. The molecule has 2 fully saturated rings. The Morgan fingerprint density at radius 1 is 0.929 bits per heavy atom. The number of aryl methyl sites for hydroxylation is 1. The summed E-state index contributed by atoms with van der Waals surface area (Å²) in [7, 11) is 1.67. The molecule has 1 aromatic rings. The summed E-state index contributed by atoms with van der Waals surface area (Å²) in [6.07, 6.45) is 19.2. The van der Waals surface area contributed by atoms with E-state index in [0.717, 1.165) is 42.6 Å². The molecule has 2 aliphatic rings. The van der Waals surface area contributed by atoms with Crippen molar-refractivity contribution in [1.29, 1.82) is 0 Å². The molecule has 2 nitrogen and oxygen atoms in total. The van der Waals surface area contributed by atoms with E-state index in [2.05, 4.69) is 26.0 Å². The predicted molar refractivity (Wildman–Crippen MR) is 119 cm³/mol. The first-order valence-corrected chi connectivity index (χ1v) is 11.3. The Morgan fingerprint density at radius 2 is 1.54 bits per heavy atom. The third kappa shape index (κ3) is 8.63. The van der Waals surface area contributed by atoms with Crippen molar-refractivity contribution < 1.29 is 9.53 Å². The van der Waals surface area contributed by atoms with Crippen molar-refractivity contribution in [1.82, 2.24) is 0 Å². The van der Waals surface area contributed by atoms with E-state index in [-0.39, 0.29) is 0 Å². The molecule has 156 valence electrons. The lowest BCUT2D eigenvalue weighted by Crippen LogP contribution is -2.14. The number of rotatable bonds is 6. The van der Waals surface area contributed by atoms with Gasteiger partial charge < -0.3 is 9.53 Å². The van der Waals surface area contributed by atoms with Crippen molar-refractivity contribution in [2.75, 3.05) is 7.11 Å². The number of methoxy groups -OCH3 is 1. The number of ether oxygens (including phenoxy) is 1. The second-order valence-corrected chi connectivity index (χ2v) is 8.96. The monoisotopic (exact) mass is 384 g/mol. The SMILES string of the molecule is CC1CCC(CC/C=C/C2CCC(C=O)CC2)CC1.COc1ccc(C)cc1. The standard InChI is InChI=1S/C18H30O.C8H10O/c1-15-6-8-16(9-7-15)4-2-3-5-17-10-12-18(14-19)13-11-17;1-7-3-5-8(9-2)6-4-7/h3,5,14-18H,2,4,6-13H2,1H3;3-6H,1-2H3/b5-3+;. The molecule has 0 saturated heterocycles. The zero-order valence-electron chi connectivity index (χ0n) is 18.2. The number of hydrogen-bond donors (Lipinski definition) is 0. The molecule has 0 bridgehead atoms. The summed E-state index contributed by atoms with van der Waals surface area (Å²) in [6.45, 7) is 4.45. The molecular weight excluding hydrogens is 344 g/mol. The molecule has 0 spiro atoms. The third-order valence-electron chi connectivity index (χ3n) is 6.55. The van der Waals surface area contributed by atoms with Crippen molar-refractivity contribution in [2.24, 2.45) is 23.7 Å². The first kappa shape index (κ1) is 22.7. The highest BCUT2D eigenvalue weighted by molar-refractivity contribution is 5.53.